The summed E-state index contributed by atoms with van der Waals surface area (Å²) in [5.74, 6) is -0.941. The molecule has 0 aliphatic carbocycles. The Morgan fingerprint density at radius 3 is 1.56 bits per heavy atom. The van der Waals surface area contributed by atoms with Crippen molar-refractivity contribution in [2.75, 3.05) is 14.2 Å². The van der Waals surface area contributed by atoms with E-state index in [1.807, 2.05) is 0 Å². The van der Waals surface area contributed by atoms with Gasteiger partial charge in [-0.15, -0.1) is 0 Å². The number of carbonyl (C=O) groups is 2. The van der Waals surface area contributed by atoms with Gasteiger partial charge in [-0.1, -0.05) is 12.2 Å². The van der Waals surface area contributed by atoms with E-state index in [0.717, 1.165) is 0 Å². The highest BCUT2D eigenvalue weighted by atomic mass is 16.5. The Morgan fingerprint density at radius 1 is 1.00 bits per heavy atom. The first-order chi connectivity index (χ1) is 7.52. The van der Waals surface area contributed by atoms with Gasteiger partial charge in [0.25, 0.3) is 0 Å². The zero-order chi connectivity index (χ0) is 12.6. The molecule has 0 heterocycles. The van der Waals surface area contributed by atoms with Gasteiger partial charge in [0.2, 0.25) is 0 Å². The summed E-state index contributed by atoms with van der Waals surface area (Å²) in [5, 5.41) is 0. The molecule has 2 atom stereocenters. The van der Waals surface area contributed by atoms with Crippen molar-refractivity contribution < 1.29 is 19.1 Å². The predicted octanol–water partition coefficient (Wildman–Crippen LogP) is -0.677. The highest BCUT2D eigenvalue weighted by Gasteiger charge is 2.12. The molecule has 0 spiro atoms. The molecule has 0 saturated carbocycles. The standard InChI is InChI=1S/C10H18N2O4/c1-15-9(13)7(11)5-3-4-6-8(12)10(14)16-2/h3-4,7-8H,5-6,11-12H2,1-2H3/t7-,8+. The van der Waals surface area contributed by atoms with E-state index in [0.29, 0.717) is 12.8 Å². The molecular formula is C10H18N2O4. The van der Waals surface area contributed by atoms with Crippen LogP contribution in [0, 0.1) is 0 Å². The zero-order valence-electron chi connectivity index (χ0n) is 9.51. The number of esters is 2. The first-order valence-corrected chi connectivity index (χ1v) is 4.84. The van der Waals surface area contributed by atoms with Crippen molar-refractivity contribution in [3.8, 4) is 0 Å². The molecule has 0 aliphatic heterocycles. The van der Waals surface area contributed by atoms with Gasteiger partial charge < -0.3 is 20.9 Å². The third kappa shape index (κ3) is 5.47. The SMILES string of the molecule is COC(=O)[C@H](N)CC=CC[C@H](N)C(=O)OC. The Labute approximate surface area is 94.6 Å². The summed E-state index contributed by atoms with van der Waals surface area (Å²) in [6, 6.07) is -1.37. The van der Waals surface area contributed by atoms with Gasteiger partial charge >= 0.3 is 11.9 Å². The van der Waals surface area contributed by atoms with Crippen molar-refractivity contribution in [1.29, 1.82) is 0 Å². The molecule has 0 fully saturated rings. The average molecular weight is 230 g/mol. The summed E-state index contributed by atoms with van der Waals surface area (Å²) in [6.07, 6.45) is 4.07. The Balaban J connectivity index is 3.86. The van der Waals surface area contributed by atoms with Crippen LogP contribution in [-0.4, -0.2) is 38.2 Å². The second kappa shape index (κ2) is 7.84. The minimum absolute atomic E-state index is 0.348. The first kappa shape index (κ1) is 14.6. The third-order valence-electron chi connectivity index (χ3n) is 1.95. The molecule has 16 heavy (non-hydrogen) atoms. The number of hydrogen-bond donors (Lipinski definition) is 2. The average Bonchev–Trinajstić information content (AvgIpc) is 2.31. The fourth-order valence-electron chi connectivity index (χ4n) is 0.981. The number of hydrogen-bond acceptors (Lipinski definition) is 6. The summed E-state index contributed by atoms with van der Waals surface area (Å²) >= 11 is 0. The molecule has 4 N–H and O–H groups in total. The fourth-order valence-corrected chi connectivity index (χ4v) is 0.981. The van der Waals surface area contributed by atoms with Crippen molar-refractivity contribution in [1.82, 2.24) is 0 Å². The number of nitrogens with two attached hydrogens (primary N) is 2. The molecule has 0 bridgehead atoms. The van der Waals surface area contributed by atoms with E-state index in [1.54, 1.807) is 12.2 Å². The van der Waals surface area contributed by atoms with Crippen molar-refractivity contribution >= 4 is 11.9 Å². The normalized spacial score (nSPS) is 14.5. The van der Waals surface area contributed by atoms with Gasteiger partial charge in [0.1, 0.15) is 12.1 Å². The van der Waals surface area contributed by atoms with E-state index in [9.17, 15) is 9.59 Å². The van der Waals surface area contributed by atoms with E-state index in [1.165, 1.54) is 14.2 Å². The molecule has 0 aliphatic rings. The molecule has 0 aromatic rings. The highest BCUT2D eigenvalue weighted by molar-refractivity contribution is 5.76. The minimum atomic E-state index is -0.685. The van der Waals surface area contributed by atoms with Gasteiger partial charge in [0, 0.05) is 0 Å². The van der Waals surface area contributed by atoms with Gasteiger partial charge in [0.05, 0.1) is 14.2 Å². The summed E-state index contributed by atoms with van der Waals surface area (Å²) < 4.78 is 8.90. The molecule has 0 aromatic carbocycles. The summed E-state index contributed by atoms with van der Waals surface area (Å²) in [6.45, 7) is 0. The van der Waals surface area contributed by atoms with Gasteiger partial charge in [0.15, 0.2) is 0 Å². The van der Waals surface area contributed by atoms with E-state index in [-0.39, 0.29) is 0 Å². The molecule has 0 unspecified atom stereocenters. The van der Waals surface area contributed by atoms with Crippen molar-refractivity contribution in [2.45, 2.75) is 24.9 Å². The van der Waals surface area contributed by atoms with E-state index < -0.39 is 24.0 Å². The Hall–Kier alpha value is -1.40. The summed E-state index contributed by atoms with van der Waals surface area (Å²) in [5.41, 5.74) is 11.0. The smallest absolute Gasteiger partial charge is 0.322 e. The van der Waals surface area contributed by atoms with E-state index in [2.05, 4.69) is 9.47 Å². The van der Waals surface area contributed by atoms with Gasteiger partial charge in [-0.25, -0.2) is 0 Å². The number of rotatable bonds is 6. The van der Waals surface area contributed by atoms with E-state index in [4.69, 9.17) is 11.5 Å². The lowest BCUT2D eigenvalue weighted by Gasteiger charge is -2.06. The quantitative estimate of drug-likeness (QED) is 0.463. The maximum Gasteiger partial charge on any atom is 0.322 e. The van der Waals surface area contributed by atoms with Crippen molar-refractivity contribution in [3.05, 3.63) is 12.2 Å². The first-order valence-electron chi connectivity index (χ1n) is 4.84. The number of carbonyl (C=O) groups excluding carboxylic acids is 2. The Kier molecular flexibility index (Phi) is 7.15. The Morgan fingerprint density at radius 2 is 1.31 bits per heavy atom. The lowest BCUT2D eigenvalue weighted by molar-refractivity contribution is -0.142. The van der Waals surface area contributed by atoms with Gasteiger partial charge in [-0.3, -0.25) is 9.59 Å². The Bertz CT molecular complexity index is 240. The van der Waals surface area contributed by atoms with E-state index >= 15 is 0 Å². The summed E-state index contributed by atoms with van der Waals surface area (Å²) in [7, 11) is 2.55. The van der Waals surface area contributed by atoms with Crippen molar-refractivity contribution in [3.63, 3.8) is 0 Å². The zero-order valence-corrected chi connectivity index (χ0v) is 9.51. The molecular weight excluding hydrogens is 212 g/mol. The third-order valence-corrected chi connectivity index (χ3v) is 1.95. The number of methoxy groups -OCH3 is 2. The fraction of sp³-hybridized carbons (Fsp3) is 0.600. The maximum absolute atomic E-state index is 10.9. The largest absolute Gasteiger partial charge is 0.468 e. The molecule has 6 heteroatoms. The second-order valence-corrected chi connectivity index (χ2v) is 3.20. The van der Waals surface area contributed by atoms with Crippen LogP contribution in [-0.2, 0) is 19.1 Å². The molecule has 0 radical (unpaired) electrons. The van der Waals surface area contributed by atoms with Crippen LogP contribution in [0.1, 0.15) is 12.8 Å². The maximum atomic E-state index is 10.9. The molecule has 0 aromatic heterocycles. The molecule has 0 saturated heterocycles. The van der Waals surface area contributed by atoms with Crippen LogP contribution in [0.2, 0.25) is 0 Å². The van der Waals surface area contributed by atoms with Gasteiger partial charge in [-0.05, 0) is 12.8 Å². The summed E-state index contributed by atoms with van der Waals surface area (Å²) in [4.78, 5) is 21.8. The minimum Gasteiger partial charge on any atom is -0.468 e. The van der Waals surface area contributed by atoms with Crippen molar-refractivity contribution in [2.24, 2.45) is 11.5 Å². The molecule has 92 valence electrons. The number of ether oxygens (including phenoxy) is 2. The van der Waals surface area contributed by atoms with Crippen LogP contribution in [0.15, 0.2) is 12.2 Å². The molecule has 6 nitrogen and oxygen atoms in total. The monoisotopic (exact) mass is 230 g/mol. The van der Waals surface area contributed by atoms with Crippen LogP contribution in [0.4, 0.5) is 0 Å². The predicted molar refractivity (Wildman–Crippen MR) is 58.4 cm³/mol. The highest BCUT2D eigenvalue weighted by Crippen LogP contribution is 1.97. The molecule has 0 rings (SSSR count). The van der Waals surface area contributed by atoms with Crippen LogP contribution in [0.25, 0.3) is 0 Å². The van der Waals surface area contributed by atoms with Crippen LogP contribution in [0.5, 0.6) is 0 Å². The second-order valence-electron chi connectivity index (χ2n) is 3.20. The van der Waals surface area contributed by atoms with Gasteiger partial charge in [-0.2, -0.15) is 0 Å². The van der Waals surface area contributed by atoms with Crippen LogP contribution in [0.3, 0.4) is 0 Å². The lowest BCUT2D eigenvalue weighted by atomic mass is 10.1. The molecule has 0 amide bonds. The topological polar surface area (TPSA) is 105 Å². The lowest BCUT2D eigenvalue weighted by Crippen LogP contribution is -2.31. The van der Waals surface area contributed by atoms with Crippen LogP contribution >= 0.6 is 0 Å². The van der Waals surface area contributed by atoms with Crippen LogP contribution < -0.4 is 11.5 Å².